The Balaban J connectivity index is 1.34. The van der Waals surface area contributed by atoms with Crippen molar-refractivity contribution in [2.75, 3.05) is 18.0 Å². The van der Waals surface area contributed by atoms with Gasteiger partial charge in [0, 0.05) is 31.5 Å². The molecule has 1 amide bonds. The van der Waals surface area contributed by atoms with Crippen molar-refractivity contribution in [3.05, 3.63) is 54.0 Å². The van der Waals surface area contributed by atoms with Crippen LogP contribution in [0.2, 0.25) is 0 Å². The Bertz CT molecular complexity index is 710. The van der Waals surface area contributed by atoms with E-state index in [2.05, 4.69) is 38.4 Å². The first-order valence-electron chi connectivity index (χ1n) is 8.70. The summed E-state index contributed by atoms with van der Waals surface area (Å²) in [6, 6.07) is 8.59. The van der Waals surface area contributed by atoms with Gasteiger partial charge in [0.25, 0.3) is 0 Å². The van der Waals surface area contributed by atoms with Crippen LogP contribution in [0, 0.1) is 0 Å². The van der Waals surface area contributed by atoms with E-state index < -0.39 is 0 Å². The molecule has 4 rings (SSSR count). The number of carbonyl (C=O) groups is 1. The minimum absolute atomic E-state index is 0.0271. The maximum Gasteiger partial charge on any atom is 0.227 e. The third-order valence-corrected chi connectivity index (χ3v) is 5.16. The molecular weight excluding hydrogens is 300 g/mol. The third-order valence-electron chi connectivity index (χ3n) is 5.16. The first kappa shape index (κ1) is 15.1. The van der Waals surface area contributed by atoms with E-state index in [0.717, 1.165) is 44.6 Å². The van der Waals surface area contributed by atoms with Crippen LogP contribution in [-0.4, -0.2) is 35.0 Å². The number of rotatable bonds is 3. The van der Waals surface area contributed by atoms with Crippen LogP contribution in [0.5, 0.6) is 0 Å². The summed E-state index contributed by atoms with van der Waals surface area (Å²) in [6.07, 6.45) is 9.07. The molecule has 5 heteroatoms. The Hall–Kier alpha value is -2.43. The summed E-state index contributed by atoms with van der Waals surface area (Å²) >= 11 is 0. The Morgan fingerprint density at radius 2 is 1.96 bits per heavy atom. The second-order valence-electron chi connectivity index (χ2n) is 6.62. The molecule has 2 heterocycles. The van der Waals surface area contributed by atoms with Gasteiger partial charge in [0.1, 0.15) is 5.82 Å². The highest BCUT2D eigenvalue weighted by Gasteiger charge is 2.30. The monoisotopic (exact) mass is 322 g/mol. The number of fused-ring (bicyclic) bond motifs is 1. The van der Waals surface area contributed by atoms with Gasteiger partial charge >= 0.3 is 0 Å². The number of nitrogens with one attached hydrogen (secondary N) is 1. The average molecular weight is 322 g/mol. The molecule has 0 unspecified atom stereocenters. The zero-order valence-electron chi connectivity index (χ0n) is 13.7. The van der Waals surface area contributed by atoms with Gasteiger partial charge in [-0.2, -0.15) is 0 Å². The third kappa shape index (κ3) is 2.98. The predicted octanol–water partition coefficient (Wildman–Crippen LogP) is 2.29. The topological polar surface area (TPSA) is 58.1 Å². The standard InChI is InChI=1S/C19H22N4O/c24-19(17-6-5-14-3-1-2-4-16(14)17)22-15-7-11-23(12-8-15)18-13-20-9-10-21-18/h1-4,9-10,13,15,17H,5-8,11-12H2,(H,22,24)/t17-/m1/s1. The second kappa shape index (κ2) is 6.59. The van der Waals surface area contributed by atoms with Crippen molar-refractivity contribution in [1.29, 1.82) is 0 Å². The normalized spacial score (nSPS) is 20.7. The summed E-state index contributed by atoms with van der Waals surface area (Å²) in [5, 5.41) is 3.27. The van der Waals surface area contributed by atoms with Crippen molar-refractivity contribution < 1.29 is 4.79 Å². The highest BCUT2D eigenvalue weighted by atomic mass is 16.1. The molecule has 1 fully saturated rings. The van der Waals surface area contributed by atoms with Crippen molar-refractivity contribution in [2.24, 2.45) is 0 Å². The molecule has 24 heavy (non-hydrogen) atoms. The minimum atomic E-state index is 0.0271. The van der Waals surface area contributed by atoms with E-state index in [4.69, 9.17) is 0 Å². The molecule has 1 aliphatic carbocycles. The number of piperidine rings is 1. The van der Waals surface area contributed by atoms with Gasteiger partial charge in [-0.05, 0) is 36.8 Å². The number of carbonyl (C=O) groups excluding carboxylic acids is 1. The van der Waals surface area contributed by atoms with E-state index in [-0.39, 0.29) is 17.9 Å². The van der Waals surface area contributed by atoms with E-state index in [1.165, 1.54) is 11.1 Å². The number of hydrogen-bond donors (Lipinski definition) is 1. The van der Waals surface area contributed by atoms with Crippen LogP contribution >= 0.6 is 0 Å². The van der Waals surface area contributed by atoms with Crippen LogP contribution < -0.4 is 10.2 Å². The first-order chi connectivity index (χ1) is 11.8. The molecule has 1 atom stereocenters. The van der Waals surface area contributed by atoms with Gasteiger partial charge in [-0.25, -0.2) is 4.98 Å². The average Bonchev–Trinajstić information content (AvgIpc) is 3.07. The molecule has 1 aromatic heterocycles. The van der Waals surface area contributed by atoms with E-state index >= 15 is 0 Å². The maximum atomic E-state index is 12.7. The summed E-state index contributed by atoms with van der Waals surface area (Å²) in [7, 11) is 0. The van der Waals surface area contributed by atoms with Crippen molar-refractivity contribution in [1.82, 2.24) is 15.3 Å². The molecule has 5 nitrogen and oxygen atoms in total. The second-order valence-corrected chi connectivity index (χ2v) is 6.62. The lowest BCUT2D eigenvalue weighted by Crippen LogP contribution is -2.46. The van der Waals surface area contributed by atoms with E-state index in [9.17, 15) is 4.79 Å². The summed E-state index contributed by atoms with van der Waals surface area (Å²) in [5.41, 5.74) is 2.54. The van der Waals surface area contributed by atoms with Gasteiger partial charge in [0.05, 0.1) is 12.1 Å². The molecule has 2 aromatic rings. The Morgan fingerprint density at radius 3 is 2.75 bits per heavy atom. The smallest absolute Gasteiger partial charge is 0.227 e. The quantitative estimate of drug-likeness (QED) is 0.942. The van der Waals surface area contributed by atoms with Crippen molar-refractivity contribution in [3.8, 4) is 0 Å². The number of hydrogen-bond acceptors (Lipinski definition) is 4. The van der Waals surface area contributed by atoms with Crippen LogP contribution in [0.4, 0.5) is 5.82 Å². The number of anilines is 1. The lowest BCUT2D eigenvalue weighted by molar-refractivity contribution is -0.123. The zero-order chi connectivity index (χ0) is 16.4. The van der Waals surface area contributed by atoms with Gasteiger partial charge in [-0.3, -0.25) is 9.78 Å². The first-order valence-corrected chi connectivity index (χ1v) is 8.70. The number of benzene rings is 1. The summed E-state index contributed by atoms with van der Waals surface area (Å²) in [6.45, 7) is 1.82. The lowest BCUT2D eigenvalue weighted by atomic mass is 9.98. The van der Waals surface area contributed by atoms with Gasteiger partial charge in [0.2, 0.25) is 5.91 Å². The van der Waals surface area contributed by atoms with Gasteiger partial charge < -0.3 is 10.2 Å². The van der Waals surface area contributed by atoms with Crippen molar-refractivity contribution >= 4 is 11.7 Å². The molecule has 1 aromatic carbocycles. The number of aromatic nitrogens is 2. The van der Waals surface area contributed by atoms with Gasteiger partial charge in [-0.15, -0.1) is 0 Å². The SMILES string of the molecule is O=C(NC1CCN(c2cnccn2)CC1)[C@@H]1CCc2ccccc21. The van der Waals surface area contributed by atoms with E-state index in [1.54, 1.807) is 18.6 Å². The fraction of sp³-hybridized carbons (Fsp3) is 0.421. The molecule has 1 saturated heterocycles. The highest BCUT2D eigenvalue weighted by Crippen LogP contribution is 2.33. The molecular formula is C19H22N4O. The molecule has 1 aliphatic heterocycles. The number of aryl methyl sites for hydroxylation is 1. The van der Waals surface area contributed by atoms with Gasteiger partial charge in [-0.1, -0.05) is 24.3 Å². The molecule has 1 N–H and O–H groups in total. The van der Waals surface area contributed by atoms with Crippen LogP contribution in [0.1, 0.15) is 36.3 Å². The number of nitrogens with zero attached hydrogens (tertiary/aromatic N) is 3. The van der Waals surface area contributed by atoms with Crippen LogP contribution in [0.3, 0.4) is 0 Å². The molecule has 0 bridgehead atoms. The summed E-state index contributed by atoms with van der Waals surface area (Å²) in [4.78, 5) is 23.4. The zero-order valence-corrected chi connectivity index (χ0v) is 13.7. The minimum Gasteiger partial charge on any atom is -0.355 e. The van der Waals surface area contributed by atoms with Crippen LogP contribution in [0.25, 0.3) is 0 Å². The Kier molecular flexibility index (Phi) is 4.15. The lowest BCUT2D eigenvalue weighted by Gasteiger charge is -2.33. The summed E-state index contributed by atoms with van der Waals surface area (Å²) in [5.74, 6) is 1.14. The Morgan fingerprint density at radius 1 is 1.12 bits per heavy atom. The summed E-state index contributed by atoms with van der Waals surface area (Å²) < 4.78 is 0. The fourth-order valence-electron chi connectivity index (χ4n) is 3.84. The molecule has 124 valence electrons. The molecule has 0 spiro atoms. The van der Waals surface area contributed by atoms with Gasteiger partial charge in [0.15, 0.2) is 0 Å². The van der Waals surface area contributed by atoms with Crippen molar-refractivity contribution in [2.45, 2.75) is 37.6 Å². The largest absolute Gasteiger partial charge is 0.355 e. The van der Waals surface area contributed by atoms with Crippen molar-refractivity contribution in [3.63, 3.8) is 0 Å². The number of amides is 1. The Labute approximate surface area is 142 Å². The molecule has 0 saturated carbocycles. The van der Waals surface area contributed by atoms with Crippen LogP contribution in [0.15, 0.2) is 42.9 Å². The van der Waals surface area contributed by atoms with E-state index in [0.29, 0.717) is 0 Å². The van der Waals surface area contributed by atoms with E-state index in [1.807, 2.05) is 6.07 Å². The maximum absolute atomic E-state index is 12.7. The highest BCUT2D eigenvalue weighted by molar-refractivity contribution is 5.85. The molecule has 2 aliphatic rings. The predicted molar refractivity (Wildman–Crippen MR) is 92.9 cm³/mol. The molecule has 0 radical (unpaired) electrons. The fourth-order valence-corrected chi connectivity index (χ4v) is 3.84. The van der Waals surface area contributed by atoms with Crippen LogP contribution in [-0.2, 0) is 11.2 Å².